The van der Waals surface area contributed by atoms with E-state index in [1.807, 2.05) is 18.2 Å². The van der Waals surface area contributed by atoms with E-state index in [4.69, 9.17) is 14.2 Å². The number of carbonyl (C=O) groups is 3. The summed E-state index contributed by atoms with van der Waals surface area (Å²) < 4.78 is 72.6. The Balaban J connectivity index is 1.35. The maximum atomic E-state index is 13.4. The van der Waals surface area contributed by atoms with E-state index in [2.05, 4.69) is 20.9 Å². The van der Waals surface area contributed by atoms with E-state index in [-0.39, 0.29) is 37.6 Å². The van der Waals surface area contributed by atoms with E-state index in [1.54, 1.807) is 75.4 Å². The summed E-state index contributed by atoms with van der Waals surface area (Å²) in [6.07, 6.45) is -4.17. The van der Waals surface area contributed by atoms with Crippen LogP contribution in [0.5, 0.6) is 0 Å². The zero-order valence-corrected chi connectivity index (χ0v) is 34.4. The van der Waals surface area contributed by atoms with E-state index in [0.29, 0.717) is 94.9 Å². The van der Waals surface area contributed by atoms with Crippen molar-refractivity contribution in [3.63, 3.8) is 0 Å². The largest absolute Gasteiger partial charge is 0.466 e. The van der Waals surface area contributed by atoms with Gasteiger partial charge in [-0.3, -0.25) is 19.3 Å². The molecule has 0 bridgehead atoms. The molecule has 0 spiro atoms. The van der Waals surface area contributed by atoms with E-state index in [1.165, 1.54) is 0 Å². The van der Waals surface area contributed by atoms with Crippen molar-refractivity contribution in [2.45, 2.75) is 78.8 Å². The van der Waals surface area contributed by atoms with Gasteiger partial charge in [-0.25, -0.2) is 0 Å². The highest BCUT2D eigenvalue weighted by Gasteiger charge is 2.34. The number of esters is 3. The highest BCUT2D eigenvalue weighted by molar-refractivity contribution is 5.74. The van der Waals surface area contributed by atoms with Crippen LogP contribution in [0.1, 0.15) is 81.6 Å². The van der Waals surface area contributed by atoms with Crippen molar-refractivity contribution in [2.24, 2.45) is 35.5 Å². The van der Waals surface area contributed by atoms with Gasteiger partial charge >= 0.3 is 17.9 Å². The summed E-state index contributed by atoms with van der Waals surface area (Å²) in [4.78, 5) is 42.3. The normalized spacial score (nSPS) is 23.1. The zero-order valence-electron chi connectivity index (χ0n) is 40.4. The molecule has 3 aromatic rings. The monoisotopic (exact) mass is 801 g/mol. The van der Waals surface area contributed by atoms with Crippen LogP contribution in [0.3, 0.4) is 0 Å². The number of nitrogens with one attached hydrogen (secondary N) is 3. The minimum absolute atomic E-state index is 0.147. The Morgan fingerprint density at radius 3 is 1.10 bits per heavy atom. The third-order valence-corrected chi connectivity index (χ3v) is 11.3. The van der Waals surface area contributed by atoms with Gasteiger partial charge in [0.1, 0.15) is 0 Å². The highest BCUT2D eigenvalue weighted by Crippen LogP contribution is 2.29. The predicted octanol–water partition coefficient (Wildman–Crippen LogP) is 5.88. The van der Waals surface area contributed by atoms with Gasteiger partial charge in [-0.2, -0.15) is 0 Å². The Bertz CT molecular complexity index is 1810. The van der Waals surface area contributed by atoms with Crippen molar-refractivity contribution in [2.75, 3.05) is 59.1 Å². The van der Waals surface area contributed by atoms with E-state index in [0.717, 1.165) is 16.7 Å². The lowest BCUT2D eigenvalue weighted by Gasteiger charge is -2.25. The van der Waals surface area contributed by atoms with Gasteiger partial charge < -0.3 is 30.2 Å². The predicted molar refractivity (Wildman–Crippen MR) is 227 cm³/mol. The molecule has 3 N–H and O–H groups in total. The van der Waals surface area contributed by atoms with Crippen molar-refractivity contribution in [3.05, 3.63) is 106 Å². The maximum absolute atomic E-state index is 13.4. The fourth-order valence-corrected chi connectivity index (χ4v) is 8.45. The Morgan fingerprint density at radius 2 is 0.845 bits per heavy atom. The molecule has 3 heterocycles. The summed E-state index contributed by atoms with van der Waals surface area (Å²) >= 11 is 0. The van der Waals surface area contributed by atoms with Gasteiger partial charge in [-0.1, -0.05) is 72.8 Å². The molecule has 10 nitrogen and oxygen atoms in total. The first-order valence-electron chi connectivity index (χ1n) is 24.2. The molecular weight excluding hydrogens is 729 g/mol. The third kappa shape index (κ3) is 12.5. The molecule has 6 atom stereocenters. The first kappa shape index (κ1) is 35.8. The third-order valence-electron chi connectivity index (χ3n) is 11.3. The second-order valence-electron chi connectivity index (χ2n) is 15.6. The molecule has 58 heavy (non-hydrogen) atoms. The van der Waals surface area contributed by atoms with Crippen LogP contribution in [0.4, 0.5) is 0 Å². The Kier molecular flexibility index (Phi) is 13.8. The van der Waals surface area contributed by atoms with E-state index < -0.39 is 54.8 Å². The van der Waals surface area contributed by atoms with Gasteiger partial charge in [0.05, 0.1) is 37.6 Å². The number of nitrogens with zero attached hydrogens (tertiary/aromatic N) is 1. The molecule has 0 radical (unpaired) electrons. The Labute approximate surface area is 354 Å². The average Bonchev–Trinajstić information content (AvgIpc) is 4.08. The van der Waals surface area contributed by atoms with Crippen molar-refractivity contribution in [3.8, 4) is 0 Å². The quantitative estimate of drug-likeness (QED) is 0.0891. The fraction of sp³-hybridized carbons (Fsp3) is 0.562. The van der Waals surface area contributed by atoms with Crippen LogP contribution >= 0.6 is 0 Å². The molecule has 3 aromatic carbocycles. The molecule has 10 heteroatoms. The Morgan fingerprint density at radius 1 is 0.552 bits per heavy atom. The van der Waals surface area contributed by atoms with Gasteiger partial charge in [0, 0.05) is 27.9 Å². The lowest BCUT2D eigenvalue weighted by atomic mass is 9.85. The molecule has 0 aliphatic carbocycles. The minimum atomic E-state index is -2.04. The van der Waals surface area contributed by atoms with Crippen LogP contribution in [-0.2, 0) is 67.3 Å². The maximum Gasteiger partial charge on any atom is 0.309 e. The number of ether oxygens (including phenoxy) is 3. The summed E-state index contributed by atoms with van der Waals surface area (Å²) in [7, 11) is 0. The zero-order chi connectivity index (χ0) is 46.1. The lowest BCUT2D eigenvalue weighted by molar-refractivity contribution is -0.150. The van der Waals surface area contributed by atoms with Crippen molar-refractivity contribution < 1.29 is 36.8 Å². The summed E-state index contributed by atoms with van der Waals surface area (Å²) in [5, 5.41) is 9.80. The molecule has 3 aliphatic rings. The molecular formula is C48H66N4O6. The van der Waals surface area contributed by atoms with Crippen LogP contribution in [0.25, 0.3) is 0 Å². The van der Waals surface area contributed by atoms with Crippen molar-refractivity contribution >= 4 is 17.9 Å². The van der Waals surface area contributed by atoms with Crippen LogP contribution in [0.15, 0.2) is 72.8 Å². The molecule has 6 rings (SSSR count). The van der Waals surface area contributed by atoms with Crippen LogP contribution in [-0.4, -0.2) is 81.9 Å². The number of carbonyl (C=O) groups excluding carboxylic acids is 3. The number of rotatable bonds is 21. The molecule has 3 fully saturated rings. The minimum Gasteiger partial charge on any atom is -0.466 e. The van der Waals surface area contributed by atoms with Gasteiger partial charge in [0.15, 0.2) is 0 Å². The molecule has 0 aromatic heterocycles. The summed E-state index contributed by atoms with van der Waals surface area (Å²) in [5.41, 5.74) is 3.41. The smallest absolute Gasteiger partial charge is 0.309 e. The number of benzene rings is 3. The number of hydrogen-bond donors (Lipinski definition) is 3. The number of hydrogen-bond acceptors (Lipinski definition) is 10. The average molecular weight is 801 g/mol. The highest BCUT2D eigenvalue weighted by atomic mass is 16.5. The van der Waals surface area contributed by atoms with Gasteiger partial charge in [0.25, 0.3) is 0 Å². The van der Waals surface area contributed by atoms with E-state index in [9.17, 15) is 22.6 Å². The van der Waals surface area contributed by atoms with Crippen LogP contribution in [0, 0.1) is 35.5 Å². The first-order chi connectivity index (χ1) is 30.6. The second kappa shape index (κ2) is 22.3. The van der Waals surface area contributed by atoms with Crippen LogP contribution in [0.2, 0.25) is 0 Å². The van der Waals surface area contributed by atoms with Gasteiger partial charge in [-0.05, 0) is 150 Å². The first-order valence-corrected chi connectivity index (χ1v) is 21.2. The van der Waals surface area contributed by atoms with Gasteiger partial charge in [0.2, 0.25) is 0 Å². The molecule has 314 valence electrons. The molecule has 0 saturated carbocycles. The lowest BCUT2D eigenvalue weighted by Crippen LogP contribution is -2.29. The van der Waals surface area contributed by atoms with Crippen molar-refractivity contribution in [1.29, 1.82) is 0 Å². The topological polar surface area (TPSA) is 118 Å². The second-order valence-corrected chi connectivity index (χ2v) is 15.6. The van der Waals surface area contributed by atoms with Gasteiger partial charge in [-0.15, -0.1) is 0 Å². The fourth-order valence-electron chi connectivity index (χ4n) is 8.45. The SMILES string of the molecule is [2H]C([2H])(c1cccc(CN(Cc2cccc(C([2H])([2H])[C@H](C(=O)OCC)[C@H]3CCNC3)c2)Cc2cccc(C([2H])([2H])[C@H](C(=O)OCC)[C@H]3CCNC3)c2)c1)[C@H](C(=O)OCC)[C@H]1CCNC1. The summed E-state index contributed by atoms with van der Waals surface area (Å²) in [6, 6.07) is 21.6. The molecule has 3 aliphatic heterocycles. The van der Waals surface area contributed by atoms with E-state index >= 15 is 0 Å². The van der Waals surface area contributed by atoms with Crippen molar-refractivity contribution in [1.82, 2.24) is 20.9 Å². The Hall–Kier alpha value is -4.09. The summed E-state index contributed by atoms with van der Waals surface area (Å²) in [6.45, 7) is 10.2. The molecule has 0 unspecified atom stereocenters. The van der Waals surface area contributed by atoms with Crippen LogP contribution < -0.4 is 16.0 Å². The standard InChI is InChI=1S/C48H66N4O6/c1-4-56-46(53)43(40-16-19-49-28-40)25-34-10-7-13-37(22-34)31-52(32-38-14-8-11-35(23-38)26-44(47(54)57-5-2)41-17-20-50-29-41)33-39-15-9-12-36(24-39)27-45(48(55)58-6-3)42-18-21-51-30-42/h7-15,22-24,40-45,49-51H,4-6,16-21,25-33H2,1-3H3/t40-,41-,42-,43-,44-,45-/m0/s1/i25D2,26D2,27D2. The summed E-state index contributed by atoms with van der Waals surface area (Å²) in [5.74, 6) is -5.43. The molecule has 3 saturated heterocycles. The molecule has 0 amide bonds.